The summed E-state index contributed by atoms with van der Waals surface area (Å²) in [6, 6.07) is -0.914. The zero-order valence-corrected chi connectivity index (χ0v) is 33.1. The van der Waals surface area contributed by atoms with Crippen LogP contribution in [0.25, 0.3) is 0 Å². The second-order valence-corrected chi connectivity index (χ2v) is 26.2. The molecular weight excluding hydrogens is 681 g/mol. The minimum atomic E-state index is -4.48. The number of amides is 2. The molecule has 1 spiro atoms. The summed E-state index contributed by atoms with van der Waals surface area (Å²) in [6.07, 6.45) is -2.58. The van der Waals surface area contributed by atoms with Gasteiger partial charge in [0.05, 0.1) is 24.3 Å². The number of urea groups is 1. The number of carbonyl (C=O) groups is 2. The predicted molar refractivity (Wildman–Crippen MR) is 184 cm³/mol. The van der Waals surface area contributed by atoms with Gasteiger partial charge in [-0.2, -0.15) is 8.42 Å². The zero-order valence-electron chi connectivity index (χ0n) is 30.3. The van der Waals surface area contributed by atoms with E-state index in [1.807, 2.05) is 67.7 Å². The lowest BCUT2D eigenvalue weighted by atomic mass is 9.89. The Morgan fingerprint density at radius 1 is 1.04 bits per heavy atom. The van der Waals surface area contributed by atoms with Crippen molar-refractivity contribution in [1.82, 2.24) is 19.8 Å². The number of hydrogen-bond acceptors (Lipinski definition) is 11. The van der Waals surface area contributed by atoms with Crippen molar-refractivity contribution in [1.29, 1.82) is 0 Å². The molecule has 1 saturated heterocycles. The van der Waals surface area contributed by atoms with E-state index < -0.39 is 85.6 Å². The molecule has 2 N–H and O–H groups in total. The third-order valence-corrected chi connectivity index (χ3v) is 19.7. The van der Waals surface area contributed by atoms with E-state index in [-0.39, 0.29) is 29.5 Å². The fraction of sp³-hybridized carbons (Fsp3) is 0.733. The smallest absolute Gasteiger partial charge is 0.332 e. The van der Waals surface area contributed by atoms with E-state index >= 15 is 0 Å². The quantitative estimate of drug-likeness (QED) is 0.205. The first-order valence-electron chi connectivity index (χ1n) is 15.8. The van der Waals surface area contributed by atoms with Crippen LogP contribution in [0.5, 0.6) is 0 Å². The van der Waals surface area contributed by atoms with Crippen LogP contribution >= 0.6 is 0 Å². The molecule has 0 aromatic carbocycles. The van der Waals surface area contributed by atoms with Crippen molar-refractivity contribution in [2.24, 2.45) is 7.05 Å². The molecule has 0 saturated carbocycles. The number of nitrogens with one attached hydrogen (secondary N) is 2. The maximum Gasteiger partial charge on any atom is 0.332 e. The number of aromatic nitrogens is 2. The molecule has 4 atom stereocenters. The van der Waals surface area contributed by atoms with Crippen LogP contribution in [0.4, 0.5) is 4.79 Å². The monoisotopic (exact) mass is 732 g/mol. The third-order valence-electron chi connectivity index (χ3n) is 9.73. The molecule has 48 heavy (non-hydrogen) atoms. The van der Waals surface area contributed by atoms with E-state index in [1.165, 1.54) is 17.8 Å². The number of aryl methyl sites for hydroxylation is 1. The lowest BCUT2D eigenvalue weighted by Gasteiger charge is -2.44. The molecule has 2 aliphatic rings. The van der Waals surface area contributed by atoms with Crippen LogP contribution in [0.2, 0.25) is 36.3 Å². The summed E-state index contributed by atoms with van der Waals surface area (Å²) in [4.78, 5) is 51.5. The summed E-state index contributed by atoms with van der Waals surface area (Å²) in [5.74, 6) is -0.694. The summed E-state index contributed by atoms with van der Waals surface area (Å²) in [6.45, 7) is 22.6. The van der Waals surface area contributed by atoms with Gasteiger partial charge in [0.15, 0.2) is 28.5 Å². The minimum absolute atomic E-state index is 0.105. The average molecular weight is 733 g/mol. The molecule has 1 aromatic heterocycles. The highest BCUT2D eigenvalue weighted by atomic mass is 32.2. The number of rotatable bonds is 10. The Hall–Kier alpha value is -2.62. The molecule has 272 valence electrons. The van der Waals surface area contributed by atoms with E-state index in [4.69, 9.17) is 22.5 Å². The van der Waals surface area contributed by atoms with Crippen molar-refractivity contribution < 1.29 is 40.5 Å². The van der Waals surface area contributed by atoms with Gasteiger partial charge in [0.2, 0.25) is 0 Å². The van der Waals surface area contributed by atoms with Crippen LogP contribution in [-0.2, 0) is 44.5 Å². The highest BCUT2D eigenvalue weighted by Gasteiger charge is 2.68. The molecule has 4 unspecified atom stereocenters. The summed E-state index contributed by atoms with van der Waals surface area (Å²) in [7, 11) is -8.50. The molecule has 15 nitrogen and oxygen atoms in total. The Morgan fingerprint density at radius 3 is 2.17 bits per heavy atom. The Kier molecular flexibility index (Phi) is 11.3. The van der Waals surface area contributed by atoms with Gasteiger partial charge in [-0.3, -0.25) is 18.7 Å². The van der Waals surface area contributed by atoms with E-state index in [9.17, 15) is 27.6 Å². The topological polar surface area (TPSA) is 182 Å². The molecule has 3 rings (SSSR count). The molecule has 3 heterocycles. The lowest BCUT2D eigenvalue weighted by molar-refractivity contribution is -0.141. The summed E-state index contributed by atoms with van der Waals surface area (Å²) in [5.41, 5.74) is -3.30. The largest absolute Gasteiger partial charge is 0.465 e. The average Bonchev–Trinajstić information content (AvgIpc) is 3.37. The Morgan fingerprint density at radius 2 is 1.62 bits per heavy atom. The number of esters is 1. The zero-order chi connectivity index (χ0) is 36.8. The molecule has 0 radical (unpaired) electrons. The fourth-order valence-corrected chi connectivity index (χ4v) is 8.40. The second-order valence-electron chi connectivity index (χ2n) is 15.3. The molecule has 2 amide bonds. The molecule has 1 fully saturated rings. The van der Waals surface area contributed by atoms with E-state index in [0.717, 1.165) is 9.98 Å². The molecule has 2 aliphatic heterocycles. The normalized spacial score (nSPS) is 24.4. The Bertz CT molecular complexity index is 1670. The highest BCUT2D eigenvalue weighted by molar-refractivity contribution is 7.90. The van der Waals surface area contributed by atoms with Crippen molar-refractivity contribution in [2.75, 3.05) is 19.8 Å². The second kappa shape index (κ2) is 13.6. The summed E-state index contributed by atoms with van der Waals surface area (Å²) >= 11 is 0. The van der Waals surface area contributed by atoms with Gasteiger partial charge < -0.3 is 29.0 Å². The van der Waals surface area contributed by atoms with Gasteiger partial charge in [-0.25, -0.2) is 13.8 Å². The SMILES string of the molecule is CCOC(=O)CNC(=O)NC1=CS(=O)(=O)OC12C(CO[Si](C)(C)C(C)(C)C)OC(n1cc(C)c(=O)n(C)c1=O)C2O[Si](C)(C)C(C)(C)C. The number of carbonyl (C=O) groups excluding carboxylic acids is 2. The van der Waals surface area contributed by atoms with E-state index in [0.29, 0.717) is 0 Å². The van der Waals surface area contributed by atoms with Gasteiger partial charge >= 0.3 is 17.7 Å². The van der Waals surface area contributed by atoms with Crippen molar-refractivity contribution in [2.45, 2.75) is 116 Å². The third kappa shape index (κ3) is 7.89. The number of nitrogens with zero attached hydrogens (tertiary/aromatic N) is 2. The summed E-state index contributed by atoms with van der Waals surface area (Å²) in [5, 5.41) is 5.06. The minimum Gasteiger partial charge on any atom is -0.465 e. The van der Waals surface area contributed by atoms with Gasteiger partial charge in [-0.05, 0) is 50.1 Å². The van der Waals surface area contributed by atoms with E-state index in [1.54, 1.807) is 13.8 Å². The molecule has 1 aromatic rings. The van der Waals surface area contributed by atoms with Crippen LogP contribution < -0.4 is 21.9 Å². The van der Waals surface area contributed by atoms with Crippen molar-refractivity contribution in [3.63, 3.8) is 0 Å². The molecular formula is C30H52N4O11SSi2. The van der Waals surface area contributed by atoms with Crippen molar-refractivity contribution in [3.05, 3.63) is 43.7 Å². The fourth-order valence-electron chi connectivity index (χ4n) is 4.86. The highest BCUT2D eigenvalue weighted by Crippen LogP contribution is 2.52. The van der Waals surface area contributed by atoms with Gasteiger partial charge in [-0.1, -0.05) is 41.5 Å². The molecule has 0 bridgehead atoms. The van der Waals surface area contributed by atoms with Gasteiger partial charge in [0.1, 0.15) is 18.8 Å². The lowest BCUT2D eigenvalue weighted by Crippen LogP contribution is -2.60. The van der Waals surface area contributed by atoms with Gasteiger partial charge in [0, 0.05) is 18.8 Å². The predicted octanol–water partition coefficient (Wildman–Crippen LogP) is 2.97. The van der Waals surface area contributed by atoms with Crippen LogP contribution in [0.3, 0.4) is 0 Å². The van der Waals surface area contributed by atoms with Gasteiger partial charge in [-0.15, -0.1) is 0 Å². The Labute approximate surface area is 284 Å². The number of hydrogen-bond donors (Lipinski definition) is 2. The maximum atomic E-state index is 13.7. The standard InChI is InChI=1S/C30H52N4O11SSi2/c1-14-41-22(35)15-31-26(37)32-20-18-46(39,40)45-30(20)21(17-42-47(10,11)28(3,4)5)43-25(23(30)44-48(12,13)29(6,7)8)34-16-19(2)24(36)33(9)27(34)38/h16,18,21,23,25H,14-15,17H2,1-13H3,(H2,31,32,37). The van der Waals surface area contributed by atoms with Gasteiger partial charge in [0.25, 0.3) is 15.7 Å². The van der Waals surface area contributed by atoms with Crippen molar-refractivity contribution in [3.8, 4) is 0 Å². The number of ether oxygens (including phenoxy) is 2. The first-order chi connectivity index (χ1) is 21.7. The summed E-state index contributed by atoms with van der Waals surface area (Å²) < 4.78 is 59.9. The first-order valence-corrected chi connectivity index (χ1v) is 23.1. The van der Waals surface area contributed by atoms with Crippen LogP contribution in [0, 0.1) is 6.92 Å². The molecule has 18 heteroatoms. The van der Waals surface area contributed by atoms with Crippen LogP contribution in [0.1, 0.15) is 60.3 Å². The van der Waals surface area contributed by atoms with Crippen LogP contribution in [-0.4, -0.2) is 83.8 Å². The van der Waals surface area contributed by atoms with E-state index in [2.05, 4.69) is 10.6 Å². The Balaban J connectivity index is 2.30. The first kappa shape index (κ1) is 39.8. The van der Waals surface area contributed by atoms with Crippen molar-refractivity contribution >= 4 is 38.8 Å². The van der Waals surface area contributed by atoms with Crippen LogP contribution in [0.15, 0.2) is 26.9 Å². The molecule has 0 aliphatic carbocycles. The maximum absolute atomic E-state index is 13.7.